The van der Waals surface area contributed by atoms with Crippen LogP contribution in [0.1, 0.15) is 82.3 Å². The Morgan fingerprint density at radius 1 is 0.842 bits per heavy atom. The topological polar surface area (TPSA) is 117 Å². The van der Waals surface area contributed by atoms with Gasteiger partial charge in [-0.15, -0.1) is 0 Å². The minimum absolute atomic E-state index is 0.249. The standard InChI is InChI=1S/C45H55ClN8O3/c1-5-41-38(42(50-36-13-19-57-20-14-36)39-28-49-54(7-3)43(39)51-41)27-48-45(56)35-22-30(4)21-34(25-35)44(55)47-26-31-11-12-40(46)37(24-31)33-10-8-9-32(23-33)29-53-17-15-52(6-2)16-18-53/h8-12,21-25,28,36H,5-7,13-20,26-27,29H2,1-4H3,(H,47,55)(H,48,56)(H,50,51). The molecular weight excluding hydrogens is 736 g/mol. The quantitative estimate of drug-likeness (QED) is 0.108. The first-order valence-electron chi connectivity index (χ1n) is 20.4. The number of likely N-dealkylation sites (N-methyl/N-ethyl adjacent to an activating group) is 1. The minimum Gasteiger partial charge on any atom is -0.381 e. The fourth-order valence-corrected chi connectivity index (χ4v) is 8.19. The summed E-state index contributed by atoms with van der Waals surface area (Å²) in [6.45, 7) is 17.3. The fourth-order valence-electron chi connectivity index (χ4n) is 7.96. The normalized spacial score (nSPS) is 15.5. The third-order valence-corrected chi connectivity index (χ3v) is 11.6. The lowest BCUT2D eigenvalue weighted by Gasteiger charge is -2.34. The van der Waals surface area contributed by atoms with E-state index in [-0.39, 0.29) is 24.4 Å². The lowest BCUT2D eigenvalue weighted by molar-refractivity contribution is 0.0904. The van der Waals surface area contributed by atoms with Gasteiger partial charge in [0.2, 0.25) is 0 Å². The number of amides is 2. The number of ether oxygens (including phenoxy) is 1. The highest BCUT2D eigenvalue weighted by Crippen LogP contribution is 2.32. The highest BCUT2D eigenvalue weighted by Gasteiger charge is 2.23. The molecule has 0 atom stereocenters. The summed E-state index contributed by atoms with van der Waals surface area (Å²) in [7, 11) is 0. The zero-order valence-corrected chi connectivity index (χ0v) is 34.4. The number of hydrogen-bond donors (Lipinski definition) is 3. The molecule has 0 spiro atoms. The number of rotatable bonds is 14. The summed E-state index contributed by atoms with van der Waals surface area (Å²) in [5, 5.41) is 16.2. The SMILES string of the molecule is CCc1nc2c(cnn2CC)c(NC2CCOCC2)c1CNC(=O)c1cc(C)cc(C(=O)NCc2ccc(Cl)c(-c3cccc(CN4CCN(CC)CC4)c3)c2)c1. The third-order valence-electron chi connectivity index (χ3n) is 11.2. The van der Waals surface area contributed by atoms with Gasteiger partial charge in [0, 0.05) is 105 Å². The van der Waals surface area contributed by atoms with E-state index in [2.05, 4.69) is 75.9 Å². The molecule has 2 amide bonds. The number of fused-ring (bicyclic) bond motifs is 1. The average Bonchev–Trinajstić information content (AvgIpc) is 3.66. The number of pyridine rings is 1. The summed E-state index contributed by atoms with van der Waals surface area (Å²) >= 11 is 6.74. The number of hydrogen-bond acceptors (Lipinski definition) is 8. The van der Waals surface area contributed by atoms with Gasteiger partial charge in [0.1, 0.15) is 0 Å². The van der Waals surface area contributed by atoms with Crippen LogP contribution in [-0.2, 0) is 37.3 Å². The second-order valence-electron chi connectivity index (χ2n) is 15.2. The summed E-state index contributed by atoms with van der Waals surface area (Å²) in [6.07, 6.45) is 4.37. The summed E-state index contributed by atoms with van der Waals surface area (Å²) in [6, 6.07) is 20.0. The van der Waals surface area contributed by atoms with Crippen molar-refractivity contribution in [1.29, 1.82) is 0 Å². The Hall–Kier alpha value is -4.81. The summed E-state index contributed by atoms with van der Waals surface area (Å²) in [5.41, 5.74) is 9.50. The van der Waals surface area contributed by atoms with E-state index in [4.69, 9.17) is 21.3 Å². The van der Waals surface area contributed by atoms with E-state index >= 15 is 0 Å². The molecule has 2 aliphatic heterocycles. The maximum Gasteiger partial charge on any atom is 0.251 e. The second-order valence-corrected chi connectivity index (χ2v) is 15.6. The highest BCUT2D eigenvalue weighted by atomic mass is 35.5. The van der Waals surface area contributed by atoms with Crippen molar-refractivity contribution in [3.63, 3.8) is 0 Å². The summed E-state index contributed by atoms with van der Waals surface area (Å²) in [4.78, 5) is 37.3. The van der Waals surface area contributed by atoms with Crippen LogP contribution in [0.3, 0.4) is 0 Å². The van der Waals surface area contributed by atoms with E-state index in [1.165, 1.54) is 5.56 Å². The van der Waals surface area contributed by atoms with Crippen molar-refractivity contribution in [2.75, 3.05) is 51.3 Å². The van der Waals surface area contributed by atoms with Crippen LogP contribution in [0.4, 0.5) is 5.69 Å². The molecule has 2 fully saturated rings. The molecule has 0 unspecified atom stereocenters. The van der Waals surface area contributed by atoms with Gasteiger partial charge in [-0.3, -0.25) is 14.5 Å². The van der Waals surface area contributed by atoms with Crippen LogP contribution in [0.2, 0.25) is 5.02 Å². The van der Waals surface area contributed by atoms with E-state index < -0.39 is 0 Å². The van der Waals surface area contributed by atoms with Crippen LogP contribution < -0.4 is 16.0 Å². The lowest BCUT2D eigenvalue weighted by atomic mass is 10.0. The molecule has 0 radical (unpaired) electrons. The van der Waals surface area contributed by atoms with Crippen LogP contribution in [0.15, 0.2) is 66.9 Å². The number of carbonyl (C=O) groups excluding carboxylic acids is 2. The number of carbonyl (C=O) groups is 2. The Morgan fingerprint density at radius 3 is 2.26 bits per heavy atom. The summed E-state index contributed by atoms with van der Waals surface area (Å²) < 4.78 is 7.53. The molecule has 3 N–H and O–H groups in total. The molecule has 5 aromatic rings. The van der Waals surface area contributed by atoms with E-state index in [0.29, 0.717) is 48.9 Å². The number of nitrogens with one attached hydrogen (secondary N) is 3. The van der Waals surface area contributed by atoms with Crippen molar-refractivity contribution in [1.82, 2.24) is 35.2 Å². The first kappa shape index (κ1) is 40.4. The predicted molar refractivity (Wildman–Crippen MR) is 228 cm³/mol. The van der Waals surface area contributed by atoms with Crippen LogP contribution in [0.25, 0.3) is 22.2 Å². The van der Waals surface area contributed by atoms with E-state index in [1.54, 1.807) is 12.1 Å². The second kappa shape index (κ2) is 18.6. The zero-order chi connectivity index (χ0) is 39.9. The Bertz CT molecular complexity index is 2210. The van der Waals surface area contributed by atoms with Crippen molar-refractivity contribution in [3.8, 4) is 11.1 Å². The van der Waals surface area contributed by atoms with Crippen LogP contribution in [-0.4, -0.2) is 88.4 Å². The molecular formula is C45H55ClN8O3. The number of piperazine rings is 1. The van der Waals surface area contributed by atoms with Crippen molar-refractivity contribution >= 4 is 40.1 Å². The van der Waals surface area contributed by atoms with Gasteiger partial charge in [0.25, 0.3) is 11.8 Å². The lowest BCUT2D eigenvalue weighted by Crippen LogP contribution is -2.45. The fraction of sp³-hybridized carbons (Fsp3) is 0.422. The summed E-state index contributed by atoms with van der Waals surface area (Å²) in [5.74, 6) is -0.516. The van der Waals surface area contributed by atoms with E-state index in [0.717, 1.165) is 102 Å². The van der Waals surface area contributed by atoms with Crippen LogP contribution in [0.5, 0.6) is 0 Å². The van der Waals surface area contributed by atoms with Gasteiger partial charge in [-0.2, -0.15) is 5.10 Å². The highest BCUT2D eigenvalue weighted by molar-refractivity contribution is 6.33. The first-order chi connectivity index (χ1) is 27.7. The molecule has 4 heterocycles. The Labute approximate surface area is 341 Å². The van der Waals surface area contributed by atoms with Crippen molar-refractivity contribution in [2.24, 2.45) is 0 Å². The van der Waals surface area contributed by atoms with Crippen molar-refractivity contribution in [2.45, 2.75) is 79.2 Å². The molecule has 3 aromatic carbocycles. The number of aryl methyl sites for hydroxylation is 3. The van der Waals surface area contributed by atoms with Gasteiger partial charge in [-0.05, 0) is 98.3 Å². The number of anilines is 1. The van der Waals surface area contributed by atoms with Gasteiger partial charge in [0.05, 0.1) is 17.3 Å². The Morgan fingerprint density at radius 2 is 1.56 bits per heavy atom. The average molecular weight is 791 g/mol. The van der Waals surface area contributed by atoms with Crippen LogP contribution >= 0.6 is 11.6 Å². The zero-order valence-electron chi connectivity index (χ0n) is 33.7. The molecule has 11 nitrogen and oxygen atoms in total. The molecule has 0 saturated carbocycles. The maximum atomic E-state index is 13.8. The maximum absolute atomic E-state index is 13.8. The molecule has 7 rings (SSSR count). The molecule has 300 valence electrons. The predicted octanol–water partition coefficient (Wildman–Crippen LogP) is 7.23. The van der Waals surface area contributed by atoms with Gasteiger partial charge in [-0.1, -0.05) is 49.7 Å². The molecule has 0 aliphatic carbocycles. The van der Waals surface area contributed by atoms with E-state index in [9.17, 15) is 9.59 Å². The smallest absolute Gasteiger partial charge is 0.251 e. The Kier molecular flexibility index (Phi) is 13.2. The van der Waals surface area contributed by atoms with Gasteiger partial charge >= 0.3 is 0 Å². The molecule has 57 heavy (non-hydrogen) atoms. The molecule has 2 aliphatic rings. The number of nitrogens with zero attached hydrogens (tertiary/aromatic N) is 5. The van der Waals surface area contributed by atoms with Gasteiger partial charge in [-0.25, -0.2) is 9.67 Å². The Balaban J connectivity index is 1.03. The number of halogens is 1. The third kappa shape index (κ3) is 9.67. The largest absolute Gasteiger partial charge is 0.381 e. The van der Waals surface area contributed by atoms with Crippen molar-refractivity contribution < 1.29 is 14.3 Å². The monoisotopic (exact) mass is 790 g/mol. The molecule has 2 aromatic heterocycles. The first-order valence-corrected chi connectivity index (χ1v) is 20.8. The van der Waals surface area contributed by atoms with Crippen molar-refractivity contribution in [3.05, 3.63) is 111 Å². The van der Waals surface area contributed by atoms with Gasteiger partial charge < -0.3 is 25.6 Å². The number of aromatic nitrogens is 3. The minimum atomic E-state index is -0.260. The molecule has 0 bridgehead atoms. The van der Waals surface area contributed by atoms with Crippen LogP contribution in [0, 0.1) is 6.92 Å². The van der Waals surface area contributed by atoms with Gasteiger partial charge in [0.15, 0.2) is 5.65 Å². The molecule has 12 heteroatoms. The molecule has 2 saturated heterocycles. The number of benzene rings is 3. The van der Waals surface area contributed by atoms with E-state index in [1.807, 2.05) is 42.1 Å².